The van der Waals surface area contributed by atoms with E-state index >= 15 is 0 Å². The average molecular weight is 350 g/mol. The fourth-order valence-corrected chi connectivity index (χ4v) is 2.99. The smallest absolute Gasteiger partial charge is 0.321 e. The summed E-state index contributed by atoms with van der Waals surface area (Å²) >= 11 is 0. The zero-order valence-corrected chi connectivity index (χ0v) is 14.9. The SMILES string of the molecule is CC(C)c1cccc(C(C)C)c1C(C(N)=O)C(NCC(=O)O)C(=O)O. The summed E-state index contributed by atoms with van der Waals surface area (Å²) in [4.78, 5) is 34.8. The van der Waals surface area contributed by atoms with Gasteiger partial charge in [-0.25, -0.2) is 0 Å². The number of carboxylic acids is 2. The Kier molecular flexibility index (Phi) is 7.11. The number of amides is 1. The fourth-order valence-electron chi connectivity index (χ4n) is 2.99. The number of carbonyl (C=O) groups is 3. The van der Waals surface area contributed by atoms with Crippen LogP contribution >= 0.6 is 0 Å². The normalized spacial score (nSPS) is 13.7. The predicted molar refractivity (Wildman–Crippen MR) is 93.6 cm³/mol. The molecule has 0 aliphatic carbocycles. The summed E-state index contributed by atoms with van der Waals surface area (Å²) in [6, 6.07) is 4.13. The van der Waals surface area contributed by atoms with Gasteiger partial charge in [0.2, 0.25) is 5.91 Å². The van der Waals surface area contributed by atoms with Crippen molar-refractivity contribution in [2.75, 3.05) is 6.54 Å². The second-order valence-electron chi connectivity index (χ2n) is 6.63. The summed E-state index contributed by atoms with van der Waals surface area (Å²) in [5, 5.41) is 20.8. The molecule has 0 spiro atoms. The number of primary amides is 1. The minimum Gasteiger partial charge on any atom is -0.480 e. The van der Waals surface area contributed by atoms with Crippen molar-refractivity contribution in [3.63, 3.8) is 0 Å². The molecule has 1 amide bonds. The summed E-state index contributed by atoms with van der Waals surface area (Å²) in [5.74, 6) is -4.42. The van der Waals surface area contributed by atoms with E-state index in [0.29, 0.717) is 5.56 Å². The molecule has 25 heavy (non-hydrogen) atoms. The van der Waals surface area contributed by atoms with E-state index in [9.17, 15) is 19.5 Å². The van der Waals surface area contributed by atoms with Crippen LogP contribution in [0.15, 0.2) is 18.2 Å². The van der Waals surface area contributed by atoms with Crippen molar-refractivity contribution < 1.29 is 24.6 Å². The molecule has 0 aromatic heterocycles. The number of nitrogens with one attached hydrogen (secondary N) is 1. The maximum atomic E-state index is 12.2. The third kappa shape index (κ3) is 5.03. The Morgan fingerprint density at radius 2 is 1.52 bits per heavy atom. The zero-order valence-electron chi connectivity index (χ0n) is 14.9. The zero-order chi connectivity index (χ0) is 19.3. The van der Waals surface area contributed by atoms with Crippen LogP contribution < -0.4 is 11.1 Å². The van der Waals surface area contributed by atoms with Crippen molar-refractivity contribution in [1.82, 2.24) is 5.32 Å². The maximum Gasteiger partial charge on any atom is 0.321 e. The molecule has 0 saturated heterocycles. The molecule has 138 valence electrons. The molecule has 0 aliphatic heterocycles. The Bertz CT molecular complexity index is 629. The van der Waals surface area contributed by atoms with E-state index in [1.165, 1.54) is 0 Å². The highest BCUT2D eigenvalue weighted by Crippen LogP contribution is 2.35. The van der Waals surface area contributed by atoms with Crippen LogP contribution in [0.4, 0.5) is 0 Å². The summed E-state index contributed by atoms with van der Waals surface area (Å²) in [6.07, 6.45) is 0. The first-order valence-corrected chi connectivity index (χ1v) is 8.17. The quantitative estimate of drug-likeness (QED) is 0.535. The molecule has 1 aromatic carbocycles. The van der Waals surface area contributed by atoms with Crippen molar-refractivity contribution in [2.45, 2.75) is 51.5 Å². The number of nitrogens with two attached hydrogens (primary N) is 1. The van der Waals surface area contributed by atoms with Crippen LogP contribution in [0, 0.1) is 0 Å². The van der Waals surface area contributed by atoms with Gasteiger partial charge in [0.15, 0.2) is 0 Å². The van der Waals surface area contributed by atoms with Crippen LogP contribution in [0.25, 0.3) is 0 Å². The number of carboxylic acid groups (broad SMARTS) is 2. The molecule has 0 bridgehead atoms. The van der Waals surface area contributed by atoms with Gasteiger partial charge in [-0.05, 0) is 28.5 Å². The lowest BCUT2D eigenvalue weighted by Crippen LogP contribution is -2.48. The van der Waals surface area contributed by atoms with Gasteiger partial charge in [-0.15, -0.1) is 0 Å². The molecule has 0 radical (unpaired) electrons. The summed E-state index contributed by atoms with van der Waals surface area (Å²) in [7, 11) is 0. The van der Waals surface area contributed by atoms with E-state index in [-0.39, 0.29) is 11.8 Å². The van der Waals surface area contributed by atoms with E-state index in [0.717, 1.165) is 11.1 Å². The number of aliphatic carboxylic acids is 2. The third-order valence-electron chi connectivity index (χ3n) is 4.11. The van der Waals surface area contributed by atoms with Crippen molar-refractivity contribution in [2.24, 2.45) is 5.73 Å². The average Bonchev–Trinajstić information content (AvgIpc) is 2.49. The highest BCUT2D eigenvalue weighted by molar-refractivity contribution is 5.91. The summed E-state index contributed by atoms with van der Waals surface area (Å²) in [5.41, 5.74) is 7.80. The number of benzene rings is 1. The van der Waals surface area contributed by atoms with E-state index in [1.54, 1.807) is 0 Å². The number of hydrogen-bond acceptors (Lipinski definition) is 4. The Morgan fingerprint density at radius 1 is 1.04 bits per heavy atom. The summed E-state index contributed by atoms with van der Waals surface area (Å²) < 4.78 is 0. The largest absolute Gasteiger partial charge is 0.480 e. The molecule has 7 heteroatoms. The van der Waals surface area contributed by atoms with Gasteiger partial charge in [0.05, 0.1) is 12.5 Å². The lowest BCUT2D eigenvalue weighted by molar-refractivity contribution is -0.143. The molecule has 0 heterocycles. The molecular formula is C18H26N2O5. The van der Waals surface area contributed by atoms with Crippen LogP contribution in [0.3, 0.4) is 0 Å². The van der Waals surface area contributed by atoms with Gasteiger partial charge < -0.3 is 15.9 Å². The first-order valence-electron chi connectivity index (χ1n) is 8.17. The van der Waals surface area contributed by atoms with Crippen molar-refractivity contribution in [1.29, 1.82) is 0 Å². The Morgan fingerprint density at radius 3 is 1.84 bits per heavy atom. The molecular weight excluding hydrogens is 324 g/mol. The van der Waals surface area contributed by atoms with Crippen LogP contribution in [0.2, 0.25) is 0 Å². The van der Waals surface area contributed by atoms with Gasteiger partial charge in [0.1, 0.15) is 6.04 Å². The van der Waals surface area contributed by atoms with E-state index in [4.69, 9.17) is 10.8 Å². The molecule has 7 nitrogen and oxygen atoms in total. The topological polar surface area (TPSA) is 130 Å². The molecule has 2 atom stereocenters. The summed E-state index contributed by atoms with van der Waals surface area (Å²) in [6.45, 7) is 7.20. The van der Waals surface area contributed by atoms with E-state index in [1.807, 2.05) is 45.9 Å². The predicted octanol–water partition coefficient (Wildman–Crippen LogP) is 1.63. The van der Waals surface area contributed by atoms with Crippen molar-refractivity contribution in [3.05, 3.63) is 34.9 Å². The second kappa shape index (κ2) is 8.62. The van der Waals surface area contributed by atoms with Gasteiger partial charge in [-0.2, -0.15) is 0 Å². The molecule has 5 N–H and O–H groups in total. The monoisotopic (exact) mass is 350 g/mol. The highest BCUT2D eigenvalue weighted by atomic mass is 16.4. The first kappa shape index (κ1) is 20.6. The molecule has 0 saturated carbocycles. The molecule has 1 rings (SSSR count). The molecule has 2 unspecified atom stereocenters. The van der Waals surface area contributed by atoms with Crippen LogP contribution in [0.1, 0.15) is 62.1 Å². The lowest BCUT2D eigenvalue weighted by Gasteiger charge is -2.29. The van der Waals surface area contributed by atoms with Crippen LogP contribution in [-0.2, 0) is 14.4 Å². The number of carbonyl (C=O) groups excluding carboxylic acids is 1. The molecule has 0 fully saturated rings. The van der Waals surface area contributed by atoms with Gasteiger partial charge in [-0.1, -0.05) is 45.9 Å². The minimum absolute atomic E-state index is 0.0458. The Hall–Kier alpha value is -2.41. The van der Waals surface area contributed by atoms with Gasteiger partial charge >= 0.3 is 11.9 Å². The van der Waals surface area contributed by atoms with Gasteiger partial charge in [0, 0.05) is 0 Å². The van der Waals surface area contributed by atoms with Crippen molar-refractivity contribution >= 4 is 17.8 Å². The standard InChI is InChI=1S/C18H26N2O5/c1-9(2)11-6-5-7-12(10(3)4)14(11)15(17(19)23)16(18(24)25)20-8-13(21)22/h5-7,9-10,15-16,20H,8H2,1-4H3,(H2,19,23)(H,21,22)(H,24,25). The molecule has 1 aromatic rings. The van der Waals surface area contributed by atoms with Crippen LogP contribution in [0.5, 0.6) is 0 Å². The van der Waals surface area contributed by atoms with Gasteiger partial charge in [-0.3, -0.25) is 19.7 Å². The maximum absolute atomic E-state index is 12.2. The Balaban J connectivity index is 3.59. The molecule has 0 aliphatic rings. The first-order chi connectivity index (χ1) is 11.6. The number of hydrogen-bond donors (Lipinski definition) is 4. The number of rotatable bonds is 9. The van der Waals surface area contributed by atoms with E-state index < -0.39 is 36.4 Å². The second-order valence-corrected chi connectivity index (χ2v) is 6.63. The Labute approximate surface area is 147 Å². The van der Waals surface area contributed by atoms with Crippen molar-refractivity contribution in [3.8, 4) is 0 Å². The van der Waals surface area contributed by atoms with E-state index in [2.05, 4.69) is 5.32 Å². The minimum atomic E-state index is -1.43. The lowest BCUT2D eigenvalue weighted by atomic mass is 9.78. The third-order valence-corrected chi connectivity index (χ3v) is 4.11. The highest BCUT2D eigenvalue weighted by Gasteiger charge is 2.37. The fraction of sp³-hybridized carbons (Fsp3) is 0.500. The van der Waals surface area contributed by atoms with Crippen LogP contribution in [-0.4, -0.2) is 40.6 Å². The van der Waals surface area contributed by atoms with Gasteiger partial charge in [0.25, 0.3) is 0 Å².